The number of benzene rings is 1. The average molecular weight is 312 g/mol. The summed E-state index contributed by atoms with van der Waals surface area (Å²) < 4.78 is 32.7. The molecule has 0 saturated carbocycles. The zero-order chi connectivity index (χ0) is 12.5. The number of primary sulfonamides is 1. The summed E-state index contributed by atoms with van der Waals surface area (Å²) in [4.78, 5) is 0. The summed E-state index contributed by atoms with van der Waals surface area (Å²) in [5.74, 6) is 1.02. The second kappa shape index (κ2) is 6.01. The van der Waals surface area contributed by atoms with Gasteiger partial charge in [-0.25, -0.2) is 13.6 Å². The van der Waals surface area contributed by atoms with Crippen molar-refractivity contribution in [2.75, 3.05) is 12.4 Å². The van der Waals surface area contributed by atoms with Crippen molar-refractivity contribution in [1.29, 1.82) is 0 Å². The highest BCUT2D eigenvalue weighted by molar-refractivity contribution is 7.89. The van der Waals surface area contributed by atoms with Crippen molar-refractivity contribution in [3.05, 3.63) is 23.2 Å². The summed E-state index contributed by atoms with van der Waals surface area (Å²) in [6, 6.07) is 5.04. The van der Waals surface area contributed by atoms with E-state index in [1.165, 1.54) is 0 Å². The first-order valence-electron chi connectivity index (χ1n) is 5.03. The van der Waals surface area contributed by atoms with E-state index >= 15 is 0 Å². The SMILES string of the molecule is NS(=O)(=O)CC[C@H]1COc2cc(Cl)ccc2O1.S. The highest BCUT2D eigenvalue weighted by Gasteiger charge is 2.22. The molecular weight excluding hydrogens is 298 g/mol. The molecule has 0 aliphatic carbocycles. The Labute approximate surface area is 118 Å². The van der Waals surface area contributed by atoms with E-state index in [1.807, 2.05) is 0 Å². The fourth-order valence-corrected chi connectivity index (χ4v) is 2.28. The monoisotopic (exact) mass is 311 g/mol. The van der Waals surface area contributed by atoms with Crippen molar-refractivity contribution >= 4 is 35.1 Å². The first kappa shape index (κ1) is 15.4. The number of sulfonamides is 1. The van der Waals surface area contributed by atoms with Gasteiger partial charge >= 0.3 is 0 Å². The van der Waals surface area contributed by atoms with Crippen LogP contribution >= 0.6 is 25.1 Å². The third kappa shape index (κ3) is 4.24. The van der Waals surface area contributed by atoms with Crippen LogP contribution in [0.15, 0.2) is 18.2 Å². The Hall–Kier alpha value is -0.630. The maximum atomic E-state index is 10.8. The molecule has 0 unspecified atom stereocenters. The molecule has 0 bridgehead atoms. The van der Waals surface area contributed by atoms with Gasteiger partial charge in [0.05, 0.1) is 5.75 Å². The summed E-state index contributed by atoms with van der Waals surface area (Å²) in [5.41, 5.74) is 0. The number of halogens is 1. The molecule has 18 heavy (non-hydrogen) atoms. The van der Waals surface area contributed by atoms with Gasteiger partial charge in [-0.2, -0.15) is 13.5 Å². The van der Waals surface area contributed by atoms with Crippen molar-refractivity contribution in [3.8, 4) is 11.5 Å². The molecule has 0 fully saturated rings. The van der Waals surface area contributed by atoms with Gasteiger partial charge in [-0.15, -0.1) is 0 Å². The number of hydrogen-bond acceptors (Lipinski definition) is 4. The molecule has 2 N–H and O–H groups in total. The van der Waals surface area contributed by atoms with Gasteiger partial charge in [0.25, 0.3) is 0 Å². The Bertz CT molecular complexity index is 521. The van der Waals surface area contributed by atoms with Crippen LogP contribution in [0.1, 0.15) is 6.42 Å². The Morgan fingerprint density at radius 2 is 2.11 bits per heavy atom. The van der Waals surface area contributed by atoms with E-state index in [9.17, 15) is 8.42 Å². The molecule has 102 valence electrons. The fraction of sp³-hybridized carbons (Fsp3) is 0.400. The Kier molecular flexibility index (Phi) is 5.15. The molecule has 1 aliphatic heterocycles. The van der Waals surface area contributed by atoms with Gasteiger partial charge in [0.15, 0.2) is 11.5 Å². The molecule has 0 radical (unpaired) electrons. The van der Waals surface area contributed by atoms with E-state index in [0.29, 0.717) is 29.5 Å². The predicted molar refractivity (Wildman–Crippen MR) is 74.3 cm³/mol. The molecule has 0 spiro atoms. The molecule has 1 aliphatic rings. The quantitative estimate of drug-likeness (QED) is 0.912. The van der Waals surface area contributed by atoms with Gasteiger partial charge in [-0.1, -0.05) is 11.6 Å². The Morgan fingerprint density at radius 3 is 2.78 bits per heavy atom. The minimum atomic E-state index is -3.46. The average Bonchev–Trinajstić information content (AvgIpc) is 2.25. The van der Waals surface area contributed by atoms with E-state index in [0.717, 1.165) is 0 Å². The van der Waals surface area contributed by atoms with Crippen molar-refractivity contribution in [1.82, 2.24) is 0 Å². The van der Waals surface area contributed by atoms with Crippen molar-refractivity contribution < 1.29 is 17.9 Å². The minimum Gasteiger partial charge on any atom is -0.486 e. The summed E-state index contributed by atoms with van der Waals surface area (Å²) >= 11 is 5.80. The van der Waals surface area contributed by atoms with Crippen LogP contribution in [0.25, 0.3) is 0 Å². The lowest BCUT2D eigenvalue weighted by atomic mass is 10.2. The number of nitrogens with two attached hydrogens (primary N) is 1. The van der Waals surface area contributed by atoms with E-state index in [1.54, 1.807) is 18.2 Å². The van der Waals surface area contributed by atoms with E-state index < -0.39 is 10.0 Å². The van der Waals surface area contributed by atoms with Crippen molar-refractivity contribution in [3.63, 3.8) is 0 Å². The molecule has 1 atom stereocenters. The Balaban J connectivity index is 0.00000162. The van der Waals surface area contributed by atoms with Crippen LogP contribution in [0.2, 0.25) is 5.02 Å². The van der Waals surface area contributed by atoms with Gasteiger partial charge in [0.2, 0.25) is 10.0 Å². The van der Waals surface area contributed by atoms with Gasteiger partial charge in [-0.05, 0) is 12.1 Å². The summed E-state index contributed by atoms with van der Waals surface area (Å²) in [5, 5.41) is 5.49. The smallest absolute Gasteiger partial charge is 0.209 e. The number of rotatable bonds is 3. The molecule has 5 nitrogen and oxygen atoms in total. The van der Waals surface area contributed by atoms with Gasteiger partial charge < -0.3 is 9.47 Å². The highest BCUT2D eigenvalue weighted by Crippen LogP contribution is 2.34. The third-order valence-electron chi connectivity index (χ3n) is 2.35. The predicted octanol–water partition coefficient (Wildman–Crippen LogP) is 1.27. The lowest BCUT2D eigenvalue weighted by Crippen LogP contribution is -2.32. The first-order chi connectivity index (χ1) is 7.94. The van der Waals surface area contributed by atoms with E-state index in [2.05, 4.69) is 0 Å². The van der Waals surface area contributed by atoms with Crippen molar-refractivity contribution in [2.45, 2.75) is 12.5 Å². The molecule has 0 saturated heterocycles. The second-order valence-corrected chi connectivity index (χ2v) is 5.97. The van der Waals surface area contributed by atoms with Crippen LogP contribution < -0.4 is 14.6 Å². The summed E-state index contributed by atoms with van der Waals surface area (Å²) in [6.07, 6.45) is 0.00274. The maximum Gasteiger partial charge on any atom is 0.209 e. The lowest BCUT2D eigenvalue weighted by molar-refractivity contribution is 0.0889. The first-order valence-corrected chi connectivity index (χ1v) is 7.13. The van der Waals surface area contributed by atoms with Crippen LogP contribution in [0.4, 0.5) is 0 Å². The van der Waals surface area contributed by atoms with E-state index in [4.69, 9.17) is 26.2 Å². The van der Waals surface area contributed by atoms with Gasteiger partial charge in [0.1, 0.15) is 12.7 Å². The summed E-state index contributed by atoms with van der Waals surface area (Å²) in [7, 11) is -3.46. The van der Waals surface area contributed by atoms with Gasteiger partial charge in [-0.3, -0.25) is 0 Å². The maximum absolute atomic E-state index is 10.8. The topological polar surface area (TPSA) is 78.6 Å². The molecule has 0 aromatic heterocycles. The molecular formula is C10H14ClNO4S2. The molecule has 0 amide bonds. The number of hydrogen-bond donors (Lipinski definition) is 1. The fourth-order valence-electron chi connectivity index (χ4n) is 1.53. The molecule has 1 aromatic rings. The van der Waals surface area contributed by atoms with E-state index in [-0.39, 0.29) is 25.4 Å². The van der Waals surface area contributed by atoms with Crippen LogP contribution in [0, 0.1) is 0 Å². The largest absolute Gasteiger partial charge is 0.486 e. The Morgan fingerprint density at radius 1 is 1.39 bits per heavy atom. The lowest BCUT2D eigenvalue weighted by Gasteiger charge is -2.26. The molecule has 2 rings (SSSR count). The normalized spacial score (nSPS) is 18.0. The van der Waals surface area contributed by atoms with Crippen LogP contribution in [-0.2, 0) is 10.0 Å². The zero-order valence-corrected chi connectivity index (χ0v) is 12.0. The summed E-state index contributed by atoms with van der Waals surface area (Å²) in [6.45, 7) is 0.295. The van der Waals surface area contributed by atoms with Crippen molar-refractivity contribution in [2.24, 2.45) is 5.14 Å². The zero-order valence-electron chi connectivity index (χ0n) is 9.43. The second-order valence-electron chi connectivity index (χ2n) is 3.80. The molecule has 1 heterocycles. The number of ether oxygens (including phenoxy) is 2. The minimum absolute atomic E-state index is 0. The molecule has 8 heteroatoms. The van der Waals surface area contributed by atoms with Crippen LogP contribution in [0.5, 0.6) is 11.5 Å². The third-order valence-corrected chi connectivity index (χ3v) is 3.39. The standard InChI is InChI=1S/C10H12ClNO4S.H2S/c11-7-1-2-9-10(5-7)15-6-8(16-9)3-4-17(12,13)14;/h1-2,5,8H,3-4,6H2,(H2,12,13,14);1H2/t8-;/m0./s1. The highest BCUT2D eigenvalue weighted by atomic mass is 35.5. The van der Waals surface area contributed by atoms with Crippen LogP contribution in [-0.4, -0.2) is 26.9 Å². The van der Waals surface area contributed by atoms with Crippen LogP contribution in [0.3, 0.4) is 0 Å². The number of fused-ring (bicyclic) bond motifs is 1. The van der Waals surface area contributed by atoms with Gasteiger partial charge in [0, 0.05) is 17.5 Å². The molecule has 1 aromatic carbocycles.